The second-order valence-corrected chi connectivity index (χ2v) is 4.92. The van der Waals surface area contributed by atoms with Gasteiger partial charge in [0, 0.05) is 26.6 Å². The third kappa shape index (κ3) is 6.12. The van der Waals surface area contributed by atoms with E-state index in [-0.39, 0.29) is 29.8 Å². The van der Waals surface area contributed by atoms with E-state index in [4.69, 9.17) is 4.52 Å². The van der Waals surface area contributed by atoms with E-state index in [9.17, 15) is 4.39 Å². The number of rotatable bonds is 5. The number of benzene rings is 1. The molecule has 0 atom stereocenters. The summed E-state index contributed by atoms with van der Waals surface area (Å²) in [5.41, 5.74) is 1.63. The van der Waals surface area contributed by atoms with Crippen molar-refractivity contribution in [2.45, 2.75) is 26.8 Å². The number of hydrogen-bond acceptors (Lipinski definition) is 4. The van der Waals surface area contributed by atoms with Crippen molar-refractivity contribution in [2.75, 3.05) is 13.6 Å². The number of nitrogens with zero attached hydrogens (tertiary/aromatic N) is 3. The maximum atomic E-state index is 13.2. The van der Waals surface area contributed by atoms with Crippen molar-refractivity contribution in [3.8, 4) is 0 Å². The van der Waals surface area contributed by atoms with Gasteiger partial charge in [-0.2, -0.15) is 4.98 Å². The minimum Gasteiger partial charge on any atom is -0.356 e. The van der Waals surface area contributed by atoms with E-state index in [1.54, 1.807) is 27.0 Å². The molecule has 0 unspecified atom stereocenters. The standard InChI is InChI=1S/C15H20FN5O.HI/c1-10-8-12(4-5-13(10)16)9-19-15(17-3)18-7-6-14-20-11(2)21-22-14;/h4-5,8H,6-7,9H2,1-3H3,(H2,17,18,19);1H. The smallest absolute Gasteiger partial charge is 0.228 e. The predicted molar refractivity (Wildman–Crippen MR) is 97.5 cm³/mol. The van der Waals surface area contributed by atoms with Crippen LogP contribution in [-0.4, -0.2) is 29.7 Å². The minimum atomic E-state index is -0.193. The zero-order chi connectivity index (χ0) is 15.9. The highest BCUT2D eigenvalue weighted by atomic mass is 127. The van der Waals surface area contributed by atoms with E-state index in [1.165, 1.54) is 6.07 Å². The molecule has 8 heteroatoms. The van der Waals surface area contributed by atoms with Crippen LogP contribution in [0, 0.1) is 19.7 Å². The molecule has 0 radical (unpaired) electrons. The molecule has 126 valence electrons. The quantitative estimate of drug-likeness (QED) is 0.430. The van der Waals surface area contributed by atoms with E-state index in [0.29, 0.717) is 42.7 Å². The molecule has 0 fully saturated rings. The number of hydrogen-bond donors (Lipinski definition) is 2. The first-order valence-electron chi connectivity index (χ1n) is 7.07. The summed E-state index contributed by atoms with van der Waals surface area (Å²) in [7, 11) is 1.70. The lowest BCUT2D eigenvalue weighted by molar-refractivity contribution is 0.374. The van der Waals surface area contributed by atoms with E-state index in [1.807, 2.05) is 6.07 Å². The summed E-state index contributed by atoms with van der Waals surface area (Å²) in [5, 5.41) is 10.1. The van der Waals surface area contributed by atoms with Gasteiger partial charge in [-0.15, -0.1) is 24.0 Å². The van der Waals surface area contributed by atoms with Gasteiger partial charge in [0.2, 0.25) is 5.89 Å². The highest BCUT2D eigenvalue weighted by molar-refractivity contribution is 14.0. The van der Waals surface area contributed by atoms with Gasteiger partial charge in [-0.25, -0.2) is 4.39 Å². The highest BCUT2D eigenvalue weighted by Gasteiger charge is 2.04. The van der Waals surface area contributed by atoms with Gasteiger partial charge < -0.3 is 15.2 Å². The van der Waals surface area contributed by atoms with Crippen molar-refractivity contribution in [1.82, 2.24) is 20.8 Å². The van der Waals surface area contributed by atoms with E-state index < -0.39 is 0 Å². The Morgan fingerprint density at radius 3 is 2.70 bits per heavy atom. The van der Waals surface area contributed by atoms with Crippen LogP contribution in [-0.2, 0) is 13.0 Å². The van der Waals surface area contributed by atoms with Crippen LogP contribution >= 0.6 is 24.0 Å². The number of guanidine groups is 1. The van der Waals surface area contributed by atoms with Crippen LogP contribution in [0.3, 0.4) is 0 Å². The number of aromatic nitrogens is 2. The van der Waals surface area contributed by atoms with Gasteiger partial charge >= 0.3 is 0 Å². The Labute approximate surface area is 152 Å². The van der Waals surface area contributed by atoms with Gasteiger partial charge in [-0.1, -0.05) is 17.3 Å². The topological polar surface area (TPSA) is 75.3 Å². The molecular formula is C15H21FIN5O. The lowest BCUT2D eigenvalue weighted by Gasteiger charge is -2.11. The number of nitrogens with one attached hydrogen (secondary N) is 2. The monoisotopic (exact) mass is 433 g/mol. The molecule has 2 N–H and O–H groups in total. The van der Waals surface area contributed by atoms with Crippen molar-refractivity contribution >= 4 is 29.9 Å². The Morgan fingerprint density at radius 2 is 2.09 bits per heavy atom. The second-order valence-electron chi connectivity index (χ2n) is 4.92. The molecule has 0 bridgehead atoms. The summed E-state index contributed by atoms with van der Waals surface area (Å²) in [5.74, 6) is 1.69. The number of halogens is 2. The van der Waals surface area contributed by atoms with Crippen molar-refractivity contribution in [3.63, 3.8) is 0 Å². The van der Waals surface area contributed by atoms with Crippen molar-refractivity contribution in [3.05, 3.63) is 46.9 Å². The highest BCUT2D eigenvalue weighted by Crippen LogP contribution is 2.08. The molecular weight excluding hydrogens is 412 g/mol. The normalized spacial score (nSPS) is 11.0. The van der Waals surface area contributed by atoms with Gasteiger partial charge in [0.25, 0.3) is 0 Å². The maximum Gasteiger partial charge on any atom is 0.228 e. The maximum absolute atomic E-state index is 13.2. The zero-order valence-electron chi connectivity index (χ0n) is 13.4. The van der Waals surface area contributed by atoms with Crippen LogP contribution in [0.2, 0.25) is 0 Å². The fraction of sp³-hybridized carbons (Fsp3) is 0.400. The Morgan fingerprint density at radius 1 is 1.30 bits per heavy atom. The summed E-state index contributed by atoms with van der Waals surface area (Å²) >= 11 is 0. The molecule has 1 heterocycles. The van der Waals surface area contributed by atoms with Crippen LogP contribution in [0.15, 0.2) is 27.7 Å². The molecule has 0 aliphatic rings. The molecule has 0 spiro atoms. The van der Waals surface area contributed by atoms with Gasteiger partial charge in [0.05, 0.1) is 0 Å². The fourth-order valence-corrected chi connectivity index (χ4v) is 1.95. The van der Waals surface area contributed by atoms with Gasteiger partial charge in [0.15, 0.2) is 11.8 Å². The van der Waals surface area contributed by atoms with Crippen LogP contribution in [0.1, 0.15) is 22.8 Å². The molecule has 0 saturated heterocycles. The molecule has 2 rings (SSSR count). The third-order valence-electron chi connectivity index (χ3n) is 3.11. The zero-order valence-corrected chi connectivity index (χ0v) is 15.7. The molecule has 1 aromatic heterocycles. The van der Waals surface area contributed by atoms with E-state index >= 15 is 0 Å². The first kappa shape index (κ1) is 19.3. The van der Waals surface area contributed by atoms with Crippen molar-refractivity contribution < 1.29 is 8.91 Å². The minimum absolute atomic E-state index is 0. The Bertz CT molecular complexity index is 659. The largest absolute Gasteiger partial charge is 0.356 e. The Hall–Kier alpha value is -1.71. The van der Waals surface area contributed by atoms with Gasteiger partial charge in [-0.3, -0.25) is 4.99 Å². The lowest BCUT2D eigenvalue weighted by Crippen LogP contribution is -2.37. The van der Waals surface area contributed by atoms with E-state index in [2.05, 4.69) is 25.8 Å². The number of aryl methyl sites for hydroxylation is 2. The van der Waals surface area contributed by atoms with Crippen LogP contribution < -0.4 is 10.6 Å². The fourth-order valence-electron chi connectivity index (χ4n) is 1.95. The summed E-state index contributed by atoms with van der Waals surface area (Å²) in [4.78, 5) is 8.26. The molecule has 6 nitrogen and oxygen atoms in total. The molecule has 0 amide bonds. The number of aliphatic imine (C=N–C) groups is 1. The molecule has 0 saturated carbocycles. The Kier molecular flexibility index (Phi) is 7.93. The van der Waals surface area contributed by atoms with Crippen LogP contribution in [0.5, 0.6) is 0 Å². The van der Waals surface area contributed by atoms with Crippen molar-refractivity contribution in [1.29, 1.82) is 0 Å². The summed E-state index contributed by atoms with van der Waals surface area (Å²) in [6.45, 7) is 4.73. The summed E-state index contributed by atoms with van der Waals surface area (Å²) < 4.78 is 18.3. The second kappa shape index (κ2) is 9.43. The Balaban J connectivity index is 0.00000264. The summed E-state index contributed by atoms with van der Waals surface area (Å²) in [6.07, 6.45) is 0.622. The third-order valence-corrected chi connectivity index (χ3v) is 3.11. The van der Waals surface area contributed by atoms with Gasteiger partial charge in [-0.05, 0) is 31.0 Å². The van der Waals surface area contributed by atoms with E-state index in [0.717, 1.165) is 5.56 Å². The van der Waals surface area contributed by atoms with Crippen LogP contribution in [0.25, 0.3) is 0 Å². The average molecular weight is 433 g/mol. The SMILES string of the molecule is CN=C(NCCc1nc(C)no1)NCc1ccc(F)c(C)c1.I. The van der Waals surface area contributed by atoms with Crippen molar-refractivity contribution in [2.24, 2.45) is 4.99 Å². The molecule has 0 aliphatic carbocycles. The first-order chi connectivity index (χ1) is 10.6. The average Bonchev–Trinajstić information content (AvgIpc) is 2.91. The molecule has 23 heavy (non-hydrogen) atoms. The van der Waals surface area contributed by atoms with Gasteiger partial charge in [0.1, 0.15) is 5.82 Å². The molecule has 1 aromatic carbocycles. The molecule has 0 aliphatic heterocycles. The first-order valence-corrected chi connectivity index (χ1v) is 7.07. The van der Waals surface area contributed by atoms with Crippen LogP contribution in [0.4, 0.5) is 4.39 Å². The summed E-state index contributed by atoms with van der Waals surface area (Å²) in [6, 6.07) is 5.04. The lowest BCUT2D eigenvalue weighted by atomic mass is 10.1. The predicted octanol–water partition coefficient (Wildman–Crippen LogP) is 2.35. The molecule has 2 aromatic rings.